The van der Waals surface area contributed by atoms with Crippen molar-refractivity contribution in [3.63, 3.8) is 0 Å². The van der Waals surface area contributed by atoms with Crippen molar-refractivity contribution in [1.82, 2.24) is 0 Å². The van der Waals surface area contributed by atoms with Crippen LogP contribution in [0.5, 0.6) is 0 Å². The molecular weight excluding hydrogens is 244 g/mol. The number of rotatable bonds is 4. The van der Waals surface area contributed by atoms with Crippen LogP contribution < -0.4 is 0 Å². The van der Waals surface area contributed by atoms with Crippen LogP contribution >= 0.6 is 34.8 Å². The first kappa shape index (κ1) is 13.3. The van der Waals surface area contributed by atoms with Crippen LogP contribution in [0, 0.1) is 34.0 Å². The third-order valence-corrected chi connectivity index (χ3v) is 2.34. The lowest BCUT2D eigenvalue weighted by Gasteiger charge is -2.21. The summed E-state index contributed by atoms with van der Waals surface area (Å²) in [5.74, 6) is 0. The van der Waals surface area contributed by atoms with Gasteiger partial charge in [0.2, 0.25) is 4.33 Å². The maximum Gasteiger partial charge on any atom is 0.205 e. The van der Waals surface area contributed by atoms with Crippen LogP contribution in [0.2, 0.25) is 0 Å². The fourth-order valence-corrected chi connectivity index (χ4v) is 1.72. The minimum Gasteiger partial charge on any atom is -0.198 e. The zero-order valence-electron chi connectivity index (χ0n) is 7.10. The van der Waals surface area contributed by atoms with Gasteiger partial charge < -0.3 is 0 Å². The van der Waals surface area contributed by atoms with Crippen molar-refractivity contribution < 1.29 is 0 Å². The number of hydrogen-bond acceptors (Lipinski definition) is 3. The molecule has 3 nitrogen and oxygen atoms in total. The lowest BCUT2D eigenvalue weighted by atomic mass is 9.98. The Labute approximate surface area is 97.4 Å². The number of halogens is 3. The van der Waals surface area contributed by atoms with Gasteiger partial charge in [-0.3, -0.25) is 0 Å². The summed E-state index contributed by atoms with van der Waals surface area (Å²) in [5.41, 5.74) is 0. The molecule has 0 radical (unpaired) electrons. The summed E-state index contributed by atoms with van der Waals surface area (Å²) in [7, 11) is 0. The Hall–Kier alpha value is -0.660. The molecule has 0 saturated carbocycles. The van der Waals surface area contributed by atoms with Crippen LogP contribution in [0.25, 0.3) is 0 Å². The van der Waals surface area contributed by atoms with Crippen LogP contribution in [0.15, 0.2) is 0 Å². The van der Waals surface area contributed by atoms with Gasteiger partial charge in [-0.15, -0.1) is 11.6 Å². The summed E-state index contributed by atoms with van der Waals surface area (Å²) in [5, 5.41) is 25.6. The van der Waals surface area contributed by atoms with Gasteiger partial charge in [0.15, 0.2) is 0 Å². The van der Waals surface area contributed by atoms with Gasteiger partial charge in [-0.05, 0) is 6.42 Å². The SMILES string of the molecule is N#CCCC(Cl)(C#N)CC(Cl)(Cl)C#N. The Morgan fingerprint density at radius 2 is 1.57 bits per heavy atom. The van der Waals surface area contributed by atoms with Crippen molar-refractivity contribution in [3.8, 4) is 18.2 Å². The Morgan fingerprint density at radius 3 is 1.93 bits per heavy atom. The van der Waals surface area contributed by atoms with Crippen LogP contribution in [0.4, 0.5) is 0 Å². The fraction of sp³-hybridized carbons (Fsp3) is 0.625. The topological polar surface area (TPSA) is 71.4 Å². The maximum atomic E-state index is 8.75. The van der Waals surface area contributed by atoms with E-state index in [0.717, 1.165) is 0 Å². The van der Waals surface area contributed by atoms with E-state index in [1.807, 2.05) is 6.07 Å². The van der Waals surface area contributed by atoms with Crippen molar-refractivity contribution in [3.05, 3.63) is 0 Å². The number of hydrogen-bond donors (Lipinski definition) is 0. The fourth-order valence-electron chi connectivity index (χ4n) is 0.829. The first-order valence-corrected chi connectivity index (χ1v) is 4.79. The normalized spacial score (nSPS) is 14.6. The first-order valence-electron chi connectivity index (χ1n) is 3.65. The maximum absolute atomic E-state index is 8.75. The van der Waals surface area contributed by atoms with Gasteiger partial charge in [-0.1, -0.05) is 23.2 Å². The summed E-state index contributed by atoms with van der Waals surface area (Å²) >= 11 is 16.9. The molecule has 0 aromatic heterocycles. The quantitative estimate of drug-likeness (QED) is 0.720. The molecule has 0 aliphatic carbocycles. The summed E-state index contributed by atoms with van der Waals surface area (Å²) in [4.78, 5) is -1.35. The van der Waals surface area contributed by atoms with Crippen LogP contribution in [-0.2, 0) is 0 Å². The van der Waals surface area contributed by atoms with Gasteiger partial charge in [-0.2, -0.15) is 15.8 Å². The predicted octanol–water partition coefficient (Wildman–Crippen LogP) is 2.88. The van der Waals surface area contributed by atoms with E-state index in [2.05, 4.69) is 0 Å². The smallest absolute Gasteiger partial charge is 0.198 e. The Kier molecular flexibility index (Phi) is 5.03. The van der Waals surface area contributed by atoms with E-state index in [0.29, 0.717) is 0 Å². The van der Waals surface area contributed by atoms with Gasteiger partial charge >= 0.3 is 0 Å². The van der Waals surface area contributed by atoms with Crippen molar-refractivity contribution in [2.75, 3.05) is 0 Å². The lowest BCUT2D eigenvalue weighted by molar-refractivity contribution is 0.595. The molecule has 0 saturated heterocycles. The highest BCUT2D eigenvalue weighted by molar-refractivity contribution is 6.50. The van der Waals surface area contributed by atoms with E-state index >= 15 is 0 Å². The predicted molar refractivity (Wildman–Crippen MR) is 53.7 cm³/mol. The molecule has 0 rings (SSSR count). The first-order chi connectivity index (χ1) is 6.39. The third kappa shape index (κ3) is 4.54. The highest BCUT2D eigenvalue weighted by atomic mass is 35.5. The minimum absolute atomic E-state index is 0.117. The van der Waals surface area contributed by atoms with Gasteiger partial charge in [0.05, 0.1) is 12.1 Å². The molecule has 0 fully saturated rings. The van der Waals surface area contributed by atoms with E-state index in [1.54, 1.807) is 12.1 Å². The number of alkyl halides is 3. The molecule has 0 aliphatic heterocycles. The molecule has 74 valence electrons. The molecule has 0 heterocycles. The van der Waals surface area contributed by atoms with E-state index in [-0.39, 0.29) is 19.3 Å². The van der Waals surface area contributed by atoms with Gasteiger partial charge in [0.25, 0.3) is 0 Å². The van der Waals surface area contributed by atoms with Crippen molar-refractivity contribution in [1.29, 1.82) is 15.8 Å². The number of nitrogens with zero attached hydrogens (tertiary/aromatic N) is 3. The molecule has 0 amide bonds. The average molecular weight is 251 g/mol. The second kappa shape index (κ2) is 5.28. The van der Waals surface area contributed by atoms with E-state index in [1.165, 1.54) is 0 Å². The molecule has 0 bridgehead atoms. The van der Waals surface area contributed by atoms with Crippen LogP contribution in [0.1, 0.15) is 19.3 Å². The summed E-state index contributed by atoms with van der Waals surface area (Å²) < 4.78 is -1.69. The van der Waals surface area contributed by atoms with Gasteiger partial charge in [-0.25, -0.2) is 0 Å². The third-order valence-electron chi connectivity index (χ3n) is 1.50. The van der Waals surface area contributed by atoms with Crippen LogP contribution in [0.3, 0.4) is 0 Å². The highest BCUT2D eigenvalue weighted by Gasteiger charge is 2.38. The van der Waals surface area contributed by atoms with E-state index < -0.39 is 9.21 Å². The van der Waals surface area contributed by atoms with Crippen LogP contribution in [-0.4, -0.2) is 9.21 Å². The summed E-state index contributed by atoms with van der Waals surface area (Å²) in [6, 6.07) is 5.27. The molecule has 0 aromatic carbocycles. The second-order valence-electron chi connectivity index (χ2n) is 2.73. The van der Waals surface area contributed by atoms with Crippen molar-refractivity contribution in [2.45, 2.75) is 28.5 Å². The Morgan fingerprint density at radius 1 is 1.00 bits per heavy atom. The summed E-state index contributed by atoms with van der Waals surface area (Å²) in [6.45, 7) is 0. The average Bonchev–Trinajstić information content (AvgIpc) is 2.14. The standard InChI is InChI=1S/C8H6Cl3N3/c9-7(5-13,2-1-3-12)4-8(10,11)6-14/h1-2,4H2. The monoisotopic (exact) mass is 249 g/mol. The van der Waals surface area contributed by atoms with Gasteiger partial charge in [0.1, 0.15) is 10.9 Å². The Balaban J connectivity index is 4.53. The summed E-state index contributed by atoms with van der Waals surface area (Å²) in [6.07, 6.45) is 0.0517. The zero-order chi connectivity index (χ0) is 11.2. The molecule has 1 unspecified atom stereocenters. The molecule has 0 N–H and O–H groups in total. The molecular formula is C8H6Cl3N3. The molecule has 1 atom stereocenters. The lowest BCUT2D eigenvalue weighted by Crippen LogP contribution is -2.28. The van der Waals surface area contributed by atoms with Crippen molar-refractivity contribution >= 4 is 34.8 Å². The highest BCUT2D eigenvalue weighted by Crippen LogP contribution is 2.36. The van der Waals surface area contributed by atoms with Crippen molar-refractivity contribution in [2.24, 2.45) is 0 Å². The van der Waals surface area contributed by atoms with E-state index in [9.17, 15) is 0 Å². The second-order valence-corrected chi connectivity index (χ2v) is 4.94. The molecule has 0 aromatic rings. The zero-order valence-corrected chi connectivity index (χ0v) is 9.36. The molecule has 0 aliphatic rings. The molecule has 14 heavy (non-hydrogen) atoms. The largest absolute Gasteiger partial charge is 0.205 e. The Bertz CT molecular complexity index is 320. The molecule has 0 spiro atoms. The number of nitriles is 3. The van der Waals surface area contributed by atoms with Gasteiger partial charge in [0, 0.05) is 12.8 Å². The minimum atomic E-state index is -1.69. The van der Waals surface area contributed by atoms with E-state index in [4.69, 9.17) is 50.6 Å². The molecule has 6 heteroatoms.